The zero-order valence-electron chi connectivity index (χ0n) is 9.90. The molecule has 3 N–H and O–H groups in total. The zero-order chi connectivity index (χ0) is 12.3. The molecule has 0 aliphatic rings. The van der Waals surface area contributed by atoms with Gasteiger partial charge in [0.2, 0.25) is 0 Å². The molecule has 0 aliphatic heterocycles. The van der Waals surface area contributed by atoms with Gasteiger partial charge in [0.15, 0.2) is 0 Å². The van der Waals surface area contributed by atoms with Crippen LogP contribution in [0.2, 0.25) is 0 Å². The number of nitrogen functional groups attached to an aromatic ring is 1. The van der Waals surface area contributed by atoms with Gasteiger partial charge in [0.25, 0.3) is 0 Å². The molecule has 0 aliphatic carbocycles. The lowest BCUT2D eigenvalue weighted by molar-refractivity contribution is 0.0698. The molecule has 16 heavy (non-hydrogen) atoms. The number of para-hydroxylation sites is 1. The number of nitrogens with zero attached hydrogens (tertiary/aromatic N) is 1. The SMILES string of the molecule is CC(C)CN(C)c1cccc(C(=O)O)c1N. The van der Waals surface area contributed by atoms with Gasteiger partial charge in [-0.05, 0) is 18.1 Å². The molecule has 0 heterocycles. The Labute approximate surface area is 95.7 Å². The fourth-order valence-corrected chi connectivity index (χ4v) is 1.72. The summed E-state index contributed by atoms with van der Waals surface area (Å²) in [5.74, 6) is -0.491. The van der Waals surface area contributed by atoms with E-state index < -0.39 is 5.97 Å². The summed E-state index contributed by atoms with van der Waals surface area (Å²) in [7, 11) is 1.91. The van der Waals surface area contributed by atoms with Crippen LogP contribution in [0, 0.1) is 5.92 Å². The van der Waals surface area contributed by atoms with Gasteiger partial charge in [-0.2, -0.15) is 0 Å². The van der Waals surface area contributed by atoms with Gasteiger partial charge >= 0.3 is 5.97 Å². The van der Waals surface area contributed by atoms with Gasteiger partial charge in [-0.15, -0.1) is 0 Å². The third kappa shape index (κ3) is 2.66. The van der Waals surface area contributed by atoms with Gasteiger partial charge in [-0.25, -0.2) is 4.79 Å². The van der Waals surface area contributed by atoms with E-state index in [-0.39, 0.29) is 5.56 Å². The first kappa shape index (κ1) is 12.4. The third-order valence-corrected chi connectivity index (χ3v) is 2.36. The van der Waals surface area contributed by atoms with Crippen molar-refractivity contribution >= 4 is 17.3 Å². The molecule has 0 aromatic heterocycles. The molecule has 4 nitrogen and oxygen atoms in total. The molecule has 1 aromatic carbocycles. The van der Waals surface area contributed by atoms with Crippen molar-refractivity contribution in [1.82, 2.24) is 0 Å². The van der Waals surface area contributed by atoms with Gasteiger partial charge in [0.05, 0.1) is 16.9 Å². The Morgan fingerprint density at radius 2 is 2.12 bits per heavy atom. The first-order chi connectivity index (χ1) is 7.43. The fourth-order valence-electron chi connectivity index (χ4n) is 1.72. The Morgan fingerprint density at radius 3 is 2.62 bits per heavy atom. The van der Waals surface area contributed by atoms with Gasteiger partial charge in [-0.3, -0.25) is 0 Å². The smallest absolute Gasteiger partial charge is 0.337 e. The summed E-state index contributed by atoms with van der Waals surface area (Å²) in [6.45, 7) is 5.05. The van der Waals surface area contributed by atoms with Gasteiger partial charge in [-0.1, -0.05) is 19.9 Å². The quantitative estimate of drug-likeness (QED) is 0.765. The molecule has 4 heteroatoms. The van der Waals surface area contributed by atoms with Crippen molar-refractivity contribution in [3.63, 3.8) is 0 Å². The largest absolute Gasteiger partial charge is 0.478 e. The number of rotatable bonds is 4. The Kier molecular flexibility index (Phi) is 3.77. The Morgan fingerprint density at radius 1 is 1.50 bits per heavy atom. The zero-order valence-corrected chi connectivity index (χ0v) is 9.90. The van der Waals surface area contributed by atoms with Crippen molar-refractivity contribution < 1.29 is 9.90 Å². The number of anilines is 2. The highest BCUT2D eigenvalue weighted by atomic mass is 16.4. The molecule has 0 unspecified atom stereocenters. The van der Waals surface area contributed by atoms with Crippen molar-refractivity contribution in [2.45, 2.75) is 13.8 Å². The fraction of sp³-hybridized carbons (Fsp3) is 0.417. The van der Waals surface area contributed by atoms with Crippen molar-refractivity contribution in [2.24, 2.45) is 5.92 Å². The molecule has 0 fully saturated rings. The van der Waals surface area contributed by atoms with E-state index in [9.17, 15) is 4.79 Å². The predicted molar refractivity (Wildman–Crippen MR) is 65.9 cm³/mol. The number of benzene rings is 1. The van der Waals surface area contributed by atoms with E-state index in [1.54, 1.807) is 6.07 Å². The molecule has 0 spiro atoms. The maximum atomic E-state index is 10.9. The lowest BCUT2D eigenvalue weighted by Crippen LogP contribution is -2.24. The second-order valence-corrected chi connectivity index (χ2v) is 4.32. The summed E-state index contributed by atoms with van der Waals surface area (Å²) >= 11 is 0. The lowest BCUT2D eigenvalue weighted by atomic mass is 10.1. The molecule has 0 radical (unpaired) electrons. The number of hydrogen-bond donors (Lipinski definition) is 2. The number of nitrogens with two attached hydrogens (primary N) is 1. The Hall–Kier alpha value is -1.71. The maximum absolute atomic E-state index is 10.9. The highest BCUT2D eigenvalue weighted by Gasteiger charge is 2.13. The van der Waals surface area contributed by atoms with Crippen LogP contribution in [-0.2, 0) is 0 Å². The van der Waals surface area contributed by atoms with Gasteiger partial charge in [0.1, 0.15) is 0 Å². The summed E-state index contributed by atoms with van der Waals surface area (Å²) in [6, 6.07) is 5.07. The normalized spacial score (nSPS) is 10.5. The van der Waals surface area contributed by atoms with E-state index in [0.29, 0.717) is 11.6 Å². The minimum Gasteiger partial charge on any atom is -0.478 e. The van der Waals surface area contributed by atoms with E-state index in [1.165, 1.54) is 6.07 Å². The Balaban J connectivity index is 3.05. The van der Waals surface area contributed by atoms with E-state index in [4.69, 9.17) is 10.8 Å². The molecule has 0 bridgehead atoms. The minimum absolute atomic E-state index is 0.160. The molecule has 0 saturated carbocycles. The Bertz CT molecular complexity index is 389. The predicted octanol–water partition coefficient (Wildman–Crippen LogP) is 2.06. The second kappa shape index (κ2) is 4.88. The van der Waals surface area contributed by atoms with Gasteiger partial charge < -0.3 is 15.7 Å². The van der Waals surface area contributed by atoms with E-state index in [1.807, 2.05) is 18.0 Å². The second-order valence-electron chi connectivity index (χ2n) is 4.32. The highest BCUT2D eigenvalue weighted by molar-refractivity contribution is 5.97. The van der Waals surface area contributed by atoms with Crippen LogP contribution in [0.1, 0.15) is 24.2 Å². The van der Waals surface area contributed by atoms with E-state index >= 15 is 0 Å². The molecule has 1 rings (SSSR count). The minimum atomic E-state index is -0.989. The molecule has 0 saturated heterocycles. The molecular formula is C12H18N2O2. The van der Waals surface area contributed by atoms with Crippen molar-refractivity contribution in [1.29, 1.82) is 0 Å². The number of carboxylic acid groups (broad SMARTS) is 1. The average molecular weight is 222 g/mol. The number of hydrogen-bond acceptors (Lipinski definition) is 3. The van der Waals surface area contributed by atoms with Crippen LogP contribution >= 0.6 is 0 Å². The number of aromatic carboxylic acids is 1. The molecule has 0 amide bonds. The first-order valence-electron chi connectivity index (χ1n) is 5.26. The van der Waals surface area contributed by atoms with Crippen molar-refractivity contribution in [2.75, 3.05) is 24.2 Å². The average Bonchev–Trinajstić information content (AvgIpc) is 2.16. The lowest BCUT2D eigenvalue weighted by Gasteiger charge is -2.23. The van der Waals surface area contributed by atoms with Gasteiger partial charge in [0, 0.05) is 13.6 Å². The standard InChI is InChI=1S/C12H18N2O2/c1-8(2)7-14(3)10-6-4-5-9(11(10)13)12(15)16/h4-6,8H,7,13H2,1-3H3,(H,15,16). The summed E-state index contributed by atoms with van der Waals surface area (Å²) in [5.41, 5.74) is 7.10. The topological polar surface area (TPSA) is 66.6 Å². The van der Waals surface area contributed by atoms with Crippen LogP contribution < -0.4 is 10.6 Å². The van der Waals surface area contributed by atoms with Crippen molar-refractivity contribution in [3.05, 3.63) is 23.8 Å². The van der Waals surface area contributed by atoms with Crippen LogP contribution in [-0.4, -0.2) is 24.7 Å². The van der Waals surface area contributed by atoms with Crippen LogP contribution in [0.4, 0.5) is 11.4 Å². The van der Waals surface area contributed by atoms with E-state index in [0.717, 1.165) is 12.2 Å². The van der Waals surface area contributed by atoms with Crippen LogP contribution in [0.5, 0.6) is 0 Å². The summed E-state index contributed by atoms with van der Waals surface area (Å²) in [4.78, 5) is 12.9. The highest BCUT2D eigenvalue weighted by Crippen LogP contribution is 2.26. The third-order valence-electron chi connectivity index (χ3n) is 2.36. The molecule has 1 aromatic rings. The van der Waals surface area contributed by atoms with Crippen molar-refractivity contribution in [3.8, 4) is 0 Å². The summed E-state index contributed by atoms with van der Waals surface area (Å²) in [5, 5.41) is 8.96. The number of carbonyl (C=O) groups is 1. The maximum Gasteiger partial charge on any atom is 0.337 e. The number of carboxylic acids is 1. The van der Waals surface area contributed by atoms with Crippen LogP contribution in [0.25, 0.3) is 0 Å². The van der Waals surface area contributed by atoms with Crippen LogP contribution in [0.15, 0.2) is 18.2 Å². The first-order valence-corrected chi connectivity index (χ1v) is 5.26. The summed E-state index contributed by atoms with van der Waals surface area (Å²) in [6.07, 6.45) is 0. The molecular weight excluding hydrogens is 204 g/mol. The molecule has 88 valence electrons. The monoisotopic (exact) mass is 222 g/mol. The molecule has 0 atom stereocenters. The summed E-state index contributed by atoms with van der Waals surface area (Å²) < 4.78 is 0. The van der Waals surface area contributed by atoms with E-state index in [2.05, 4.69) is 13.8 Å². The van der Waals surface area contributed by atoms with Crippen LogP contribution in [0.3, 0.4) is 0 Å².